The minimum absolute atomic E-state index is 0.126. The zero-order valence-electron chi connectivity index (χ0n) is 14.5. The van der Waals surface area contributed by atoms with Gasteiger partial charge in [0.25, 0.3) is 0 Å². The molecule has 2 aromatic heterocycles. The number of ether oxygens (including phenoxy) is 1. The molecule has 2 aromatic rings. The number of nitrogens with zero attached hydrogens (tertiary/aromatic N) is 2. The maximum Gasteiger partial charge on any atom is 0.348 e. The number of nitrogens with two attached hydrogens (primary N) is 2. The van der Waals surface area contributed by atoms with Gasteiger partial charge < -0.3 is 26.9 Å². The molecule has 0 saturated carbocycles. The number of carbonyl (C=O) groups excluding carboxylic acids is 1. The fourth-order valence-corrected chi connectivity index (χ4v) is 3.29. The van der Waals surface area contributed by atoms with E-state index >= 15 is 0 Å². The maximum atomic E-state index is 11.9. The molecule has 9 heteroatoms. The molecule has 0 aliphatic heterocycles. The van der Waals surface area contributed by atoms with E-state index in [0.29, 0.717) is 51.9 Å². The zero-order valence-corrected chi connectivity index (χ0v) is 15.3. The molecule has 0 spiro atoms. The molecule has 2 heterocycles. The number of rotatable bonds is 7. The first-order chi connectivity index (χ1) is 11.8. The molecule has 134 valence electrons. The predicted molar refractivity (Wildman–Crippen MR) is 101 cm³/mol. The number of esters is 1. The van der Waals surface area contributed by atoms with Gasteiger partial charge in [-0.15, -0.1) is 11.3 Å². The van der Waals surface area contributed by atoms with E-state index in [4.69, 9.17) is 21.6 Å². The van der Waals surface area contributed by atoms with Gasteiger partial charge in [0.05, 0.1) is 12.0 Å². The van der Waals surface area contributed by atoms with Crippen molar-refractivity contribution in [2.24, 2.45) is 5.73 Å². The van der Waals surface area contributed by atoms with E-state index in [1.807, 2.05) is 0 Å². The molecule has 0 bridgehead atoms. The highest BCUT2D eigenvalue weighted by molar-refractivity contribution is 7.20. The Morgan fingerprint density at radius 1 is 1.40 bits per heavy atom. The second-order valence-electron chi connectivity index (χ2n) is 5.44. The molecule has 0 unspecified atom stereocenters. The average Bonchev–Trinajstić information content (AvgIpc) is 2.94. The van der Waals surface area contributed by atoms with Gasteiger partial charge in [-0.05, 0) is 38.8 Å². The van der Waals surface area contributed by atoms with Gasteiger partial charge in [0.2, 0.25) is 5.95 Å². The van der Waals surface area contributed by atoms with Gasteiger partial charge in [-0.3, -0.25) is 0 Å². The zero-order chi connectivity index (χ0) is 18.6. The van der Waals surface area contributed by atoms with Gasteiger partial charge in [0, 0.05) is 18.0 Å². The fourth-order valence-electron chi connectivity index (χ4n) is 2.36. The van der Waals surface area contributed by atoms with Gasteiger partial charge in [-0.25, -0.2) is 9.78 Å². The Morgan fingerprint density at radius 3 is 2.72 bits per heavy atom. The van der Waals surface area contributed by atoms with Crippen LogP contribution in [0.15, 0.2) is 17.3 Å². The van der Waals surface area contributed by atoms with Crippen LogP contribution in [0.2, 0.25) is 0 Å². The topological polar surface area (TPSA) is 140 Å². The highest BCUT2D eigenvalue weighted by Gasteiger charge is 2.16. The molecule has 6 N–H and O–H groups in total. The van der Waals surface area contributed by atoms with E-state index in [-0.39, 0.29) is 5.95 Å². The number of thiophene rings is 1. The normalized spacial score (nSPS) is 12.0. The van der Waals surface area contributed by atoms with Crippen molar-refractivity contribution in [2.75, 3.05) is 24.2 Å². The molecule has 0 saturated heterocycles. The lowest BCUT2D eigenvalue weighted by atomic mass is 10.1. The number of hydrogen-bond donors (Lipinski definition) is 4. The van der Waals surface area contributed by atoms with Crippen LogP contribution in [0.4, 0.5) is 11.8 Å². The largest absolute Gasteiger partial charge is 0.462 e. The van der Waals surface area contributed by atoms with Crippen LogP contribution in [-0.2, 0) is 4.74 Å². The Balaban J connectivity index is 2.24. The van der Waals surface area contributed by atoms with Crippen LogP contribution in [0, 0.1) is 5.41 Å². The molecule has 0 radical (unpaired) electrons. The minimum atomic E-state index is -0.390. The van der Waals surface area contributed by atoms with Gasteiger partial charge in [-0.2, -0.15) is 4.98 Å². The Kier molecular flexibility index (Phi) is 5.92. The third kappa shape index (κ3) is 4.44. The van der Waals surface area contributed by atoms with Crippen molar-refractivity contribution in [1.82, 2.24) is 9.97 Å². The molecule has 2 rings (SSSR count). The summed E-state index contributed by atoms with van der Waals surface area (Å²) >= 11 is 1.21. The Labute approximate surface area is 149 Å². The van der Waals surface area contributed by atoms with Crippen molar-refractivity contribution in [3.05, 3.63) is 22.2 Å². The molecule has 25 heavy (non-hydrogen) atoms. The summed E-state index contributed by atoms with van der Waals surface area (Å²) in [5, 5.41) is 11.7. The first-order valence-corrected chi connectivity index (χ1v) is 8.64. The van der Waals surface area contributed by atoms with Crippen molar-refractivity contribution in [3.63, 3.8) is 0 Å². The van der Waals surface area contributed by atoms with Gasteiger partial charge >= 0.3 is 5.97 Å². The molecule has 0 aliphatic rings. The van der Waals surface area contributed by atoms with Crippen molar-refractivity contribution in [3.8, 4) is 0 Å². The quantitative estimate of drug-likeness (QED) is 0.438. The van der Waals surface area contributed by atoms with Crippen LogP contribution in [0.25, 0.3) is 10.2 Å². The van der Waals surface area contributed by atoms with Crippen molar-refractivity contribution < 1.29 is 9.53 Å². The second kappa shape index (κ2) is 7.93. The number of nitrogen functional groups attached to an aromatic ring is 1. The molecular formula is C16H22N6O2S. The van der Waals surface area contributed by atoms with Crippen LogP contribution in [-0.4, -0.2) is 34.8 Å². The van der Waals surface area contributed by atoms with Gasteiger partial charge in [0.1, 0.15) is 15.5 Å². The Bertz CT molecular complexity index is 839. The third-order valence-electron chi connectivity index (χ3n) is 3.48. The van der Waals surface area contributed by atoms with Crippen LogP contribution in [0.5, 0.6) is 0 Å². The molecule has 0 amide bonds. The third-order valence-corrected chi connectivity index (χ3v) is 4.49. The lowest BCUT2D eigenvalue weighted by molar-refractivity contribution is 0.0532. The smallest absolute Gasteiger partial charge is 0.348 e. The molecule has 0 atom stereocenters. The predicted octanol–water partition coefficient (Wildman–Crippen LogP) is 2.52. The molecule has 0 fully saturated rings. The summed E-state index contributed by atoms with van der Waals surface area (Å²) in [5.41, 5.74) is 13.4. The standard InChI is InChI=1S/C16H22N6O2S/c1-4-24-15(23)12-7-11-13(21-16(19)22-14(11)25-12)20-6-5-10(8(2)17)9(3)18/h7,17H,4-6,18H2,1-3H3,(H3,19,20,21,22). The van der Waals surface area contributed by atoms with Gasteiger partial charge in [-0.1, -0.05) is 0 Å². The maximum absolute atomic E-state index is 11.9. The lowest BCUT2D eigenvalue weighted by Crippen LogP contribution is -2.12. The molecule has 0 aromatic carbocycles. The van der Waals surface area contributed by atoms with Crippen molar-refractivity contribution in [1.29, 1.82) is 5.41 Å². The average molecular weight is 362 g/mol. The summed E-state index contributed by atoms with van der Waals surface area (Å²) in [6, 6.07) is 1.70. The summed E-state index contributed by atoms with van der Waals surface area (Å²) in [4.78, 5) is 21.4. The number of allylic oxidation sites excluding steroid dienone is 1. The summed E-state index contributed by atoms with van der Waals surface area (Å²) < 4.78 is 5.02. The highest BCUT2D eigenvalue weighted by atomic mass is 32.1. The van der Waals surface area contributed by atoms with Crippen molar-refractivity contribution in [2.45, 2.75) is 27.2 Å². The number of hydrogen-bond acceptors (Lipinski definition) is 9. The summed E-state index contributed by atoms with van der Waals surface area (Å²) in [7, 11) is 0. The lowest BCUT2D eigenvalue weighted by Gasteiger charge is -2.10. The van der Waals surface area contributed by atoms with E-state index in [1.165, 1.54) is 11.3 Å². The fraction of sp³-hybridized carbons (Fsp3) is 0.375. The van der Waals surface area contributed by atoms with Gasteiger partial charge in [0.15, 0.2) is 0 Å². The Hall–Kier alpha value is -2.68. The number of nitrogens with one attached hydrogen (secondary N) is 2. The van der Waals surface area contributed by atoms with E-state index in [9.17, 15) is 4.79 Å². The van der Waals surface area contributed by atoms with E-state index in [1.54, 1.807) is 26.8 Å². The molecular weight excluding hydrogens is 340 g/mol. The monoisotopic (exact) mass is 362 g/mol. The summed E-state index contributed by atoms with van der Waals surface area (Å²) in [5.74, 6) is 0.283. The first-order valence-electron chi connectivity index (χ1n) is 7.82. The highest BCUT2D eigenvalue weighted by Crippen LogP contribution is 2.30. The Morgan fingerprint density at radius 2 is 2.12 bits per heavy atom. The first kappa shape index (κ1) is 18.7. The molecule has 0 aliphatic carbocycles. The van der Waals surface area contributed by atoms with E-state index < -0.39 is 5.97 Å². The molecule has 8 nitrogen and oxygen atoms in total. The number of carbonyl (C=O) groups is 1. The summed E-state index contributed by atoms with van der Waals surface area (Å²) in [6.45, 7) is 6.07. The van der Waals surface area contributed by atoms with Crippen molar-refractivity contribution >= 4 is 45.0 Å². The number of fused-ring (bicyclic) bond motifs is 1. The second-order valence-corrected chi connectivity index (χ2v) is 6.47. The number of anilines is 2. The SMILES string of the molecule is CCOC(=O)c1cc2c(NCCC(C(C)=N)=C(C)N)nc(N)nc2s1. The summed E-state index contributed by atoms with van der Waals surface area (Å²) in [6.07, 6.45) is 0.581. The minimum Gasteiger partial charge on any atom is -0.462 e. The van der Waals surface area contributed by atoms with Crippen LogP contribution in [0.3, 0.4) is 0 Å². The van der Waals surface area contributed by atoms with E-state index in [0.717, 1.165) is 5.57 Å². The van der Waals surface area contributed by atoms with E-state index in [2.05, 4.69) is 15.3 Å². The number of aromatic nitrogens is 2. The van der Waals surface area contributed by atoms with Crippen LogP contribution in [0.1, 0.15) is 36.9 Å². The van der Waals surface area contributed by atoms with Crippen LogP contribution < -0.4 is 16.8 Å². The van der Waals surface area contributed by atoms with Crippen LogP contribution >= 0.6 is 11.3 Å².